The molecule has 6 heteroatoms. The third-order valence-electron chi connectivity index (χ3n) is 3.21. The largest absolute Gasteiger partial charge is 0.489 e. The fourth-order valence-electron chi connectivity index (χ4n) is 2.22. The molecule has 0 saturated carbocycles. The summed E-state index contributed by atoms with van der Waals surface area (Å²) >= 11 is 0. The van der Waals surface area contributed by atoms with E-state index >= 15 is 0 Å². The van der Waals surface area contributed by atoms with Crippen LogP contribution in [0.25, 0.3) is 5.57 Å². The van der Waals surface area contributed by atoms with Gasteiger partial charge in [-0.15, -0.1) is 0 Å². The SMILES string of the molecule is CC(C)Oc1cc(C2=CCN(P)CC2)ccc1N(P)P. The van der Waals surface area contributed by atoms with E-state index in [-0.39, 0.29) is 6.10 Å². The van der Waals surface area contributed by atoms with Crippen LogP contribution in [0.3, 0.4) is 0 Å². The Bertz CT molecular complexity index is 503. The van der Waals surface area contributed by atoms with Gasteiger partial charge in [-0.3, -0.25) is 4.67 Å². The van der Waals surface area contributed by atoms with Gasteiger partial charge in [0.25, 0.3) is 0 Å². The lowest BCUT2D eigenvalue weighted by Crippen LogP contribution is -2.18. The Morgan fingerprint density at radius 3 is 2.60 bits per heavy atom. The van der Waals surface area contributed by atoms with Gasteiger partial charge in [-0.25, -0.2) is 0 Å². The fourth-order valence-corrected chi connectivity index (χ4v) is 2.88. The molecule has 0 N–H and O–H groups in total. The molecule has 0 radical (unpaired) electrons. The standard InChI is InChI=1S/C14H23N2OP3/c1-10(2)17-14-9-12(3-4-13(14)16(19)20)11-5-7-15(18)8-6-11/h3-5,9-10H,6-8,18-20H2,1-2H3. The minimum atomic E-state index is 0.168. The smallest absolute Gasteiger partial charge is 0.144 e. The van der Waals surface area contributed by atoms with Crippen LogP contribution in [0.1, 0.15) is 25.8 Å². The van der Waals surface area contributed by atoms with Crippen molar-refractivity contribution in [3.63, 3.8) is 0 Å². The summed E-state index contributed by atoms with van der Waals surface area (Å²) in [6.07, 6.45) is 3.54. The highest BCUT2D eigenvalue weighted by molar-refractivity contribution is 7.39. The summed E-state index contributed by atoms with van der Waals surface area (Å²) in [5.41, 5.74) is 3.73. The number of anilines is 1. The molecule has 20 heavy (non-hydrogen) atoms. The van der Waals surface area contributed by atoms with E-state index in [1.165, 1.54) is 11.1 Å². The first-order valence-electron chi connectivity index (χ1n) is 6.76. The molecule has 2 rings (SSSR count). The van der Waals surface area contributed by atoms with Crippen LogP contribution in [0.2, 0.25) is 0 Å². The fraction of sp³-hybridized carbons (Fsp3) is 0.429. The van der Waals surface area contributed by atoms with E-state index in [1.807, 2.05) is 4.44 Å². The lowest BCUT2D eigenvalue weighted by Gasteiger charge is -2.24. The molecule has 0 fully saturated rings. The van der Waals surface area contributed by atoms with Crippen LogP contribution in [0.15, 0.2) is 24.3 Å². The Balaban J connectivity index is 2.31. The highest BCUT2D eigenvalue weighted by Crippen LogP contribution is 2.37. The summed E-state index contributed by atoms with van der Waals surface area (Å²) in [5.74, 6) is 0.928. The molecule has 0 aliphatic carbocycles. The molecule has 0 bridgehead atoms. The van der Waals surface area contributed by atoms with Crippen molar-refractivity contribution < 1.29 is 4.74 Å². The second-order valence-electron chi connectivity index (χ2n) is 5.23. The minimum absolute atomic E-state index is 0.168. The molecule has 1 aliphatic heterocycles. The van der Waals surface area contributed by atoms with Gasteiger partial charge in [0.1, 0.15) is 5.75 Å². The summed E-state index contributed by atoms with van der Waals surface area (Å²) in [7, 11) is 8.06. The van der Waals surface area contributed by atoms with Crippen LogP contribution < -0.4 is 9.18 Å². The van der Waals surface area contributed by atoms with Crippen LogP contribution in [-0.4, -0.2) is 23.9 Å². The average molecular weight is 328 g/mol. The Labute approximate surface area is 128 Å². The molecular weight excluding hydrogens is 305 g/mol. The Morgan fingerprint density at radius 2 is 2.05 bits per heavy atom. The number of benzene rings is 1. The summed E-state index contributed by atoms with van der Waals surface area (Å²) in [6.45, 7) is 6.18. The van der Waals surface area contributed by atoms with Crippen molar-refractivity contribution in [3.8, 4) is 5.75 Å². The maximum Gasteiger partial charge on any atom is 0.144 e. The van der Waals surface area contributed by atoms with Gasteiger partial charge in [0.05, 0.1) is 11.8 Å². The second-order valence-corrected chi connectivity index (χ2v) is 7.67. The summed E-state index contributed by atoms with van der Waals surface area (Å²) in [6, 6.07) is 6.44. The Morgan fingerprint density at radius 1 is 1.30 bits per heavy atom. The summed E-state index contributed by atoms with van der Waals surface area (Å²) in [4.78, 5) is 0. The van der Waals surface area contributed by atoms with Gasteiger partial charge in [0.15, 0.2) is 0 Å². The molecule has 1 aliphatic rings. The van der Waals surface area contributed by atoms with Crippen molar-refractivity contribution in [2.75, 3.05) is 17.5 Å². The van der Waals surface area contributed by atoms with Crippen LogP contribution in [-0.2, 0) is 0 Å². The molecule has 0 aromatic heterocycles. The first kappa shape index (κ1) is 16.2. The second kappa shape index (κ2) is 7.19. The first-order chi connectivity index (χ1) is 9.47. The highest BCUT2D eigenvalue weighted by atomic mass is 31.1. The zero-order valence-electron chi connectivity index (χ0n) is 12.0. The topological polar surface area (TPSA) is 15.7 Å². The number of rotatable bonds is 4. The van der Waals surface area contributed by atoms with E-state index in [2.05, 4.69) is 71.0 Å². The normalized spacial score (nSPS) is 16.2. The molecule has 1 aromatic carbocycles. The number of hydrogen-bond donors (Lipinski definition) is 0. The number of hydrogen-bond acceptors (Lipinski definition) is 3. The van der Waals surface area contributed by atoms with Crippen molar-refractivity contribution in [1.29, 1.82) is 0 Å². The number of ether oxygens (including phenoxy) is 1. The van der Waals surface area contributed by atoms with Gasteiger partial charge in [-0.05, 0) is 62.3 Å². The van der Waals surface area contributed by atoms with E-state index in [9.17, 15) is 0 Å². The van der Waals surface area contributed by atoms with Gasteiger partial charge in [0, 0.05) is 13.1 Å². The maximum absolute atomic E-state index is 5.95. The molecule has 3 nitrogen and oxygen atoms in total. The van der Waals surface area contributed by atoms with Gasteiger partial charge in [0.2, 0.25) is 0 Å². The van der Waals surface area contributed by atoms with Gasteiger partial charge in [-0.1, -0.05) is 21.5 Å². The van der Waals surface area contributed by atoms with Crippen LogP contribution >= 0.6 is 28.2 Å². The van der Waals surface area contributed by atoms with E-state index in [4.69, 9.17) is 4.74 Å². The predicted octanol–water partition coefficient (Wildman–Crippen LogP) is 3.74. The van der Waals surface area contributed by atoms with Crippen molar-refractivity contribution in [1.82, 2.24) is 4.67 Å². The first-order valence-corrected chi connectivity index (χ1v) is 8.31. The van der Waals surface area contributed by atoms with E-state index < -0.39 is 0 Å². The molecule has 110 valence electrons. The van der Waals surface area contributed by atoms with Crippen molar-refractivity contribution in [3.05, 3.63) is 29.8 Å². The summed E-state index contributed by atoms with van der Waals surface area (Å²) in [5, 5.41) is 0. The minimum Gasteiger partial charge on any atom is -0.489 e. The zero-order valence-corrected chi connectivity index (χ0v) is 15.5. The third-order valence-corrected chi connectivity index (χ3v) is 4.24. The molecule has 1 aromatic rings. The van der Waals surface area contributed by atoms with Crippen molar-refractivity contribution in [2.45, 2.75) is 26.4 Å². The molecular formula is C14H23N2OP3. The predicted molar refractivity (Wildman–Crippen MR) is 98.0 cm³/mol. The van der Waals surface area contributed by atoms with Crippen molar-refractivity contribution >= 4 is 39.4 Å². The third kappa shape index (κ3) is 4.15. The molecule has 1 heterocycles. The quantitative estimate of drug-likeness (QED) is 0.783. The van der Waals surface area contributed by atoms with Gasteiger partial charge < -0.3 is 9.18 Å². The Hall–Kier alpha value is -0.190. The lowest BCUT2D eigenvalue weighted by atomic mass is 9.99. The van der Waals surface area contributed by atoms with Crippen LogP contribution in [0.4, 0.5) is 5.69 Å². The Kier molecular flexibility index (Phi) is 5.82. The van der Waals surface area contributed by atoms with Crippen molar-refractivity contribution in [2.24, 2.45) is 0 Å². The molecule has 0 spiro atoms. The number of nitrogens with zero attached hydrogens (tertiary/aromatic N) is 2. The average Bonchev–Trinajstić information content (AvgIpc) is 2.38. The van der Waals surface area contributed by atoms with Gasteiger partial charge in [-0.2, -0.15) is 0 Å². The van der Waals surface area contributed by atoms with Crippen LogP contribution in [0, 0.1) is 0 Å². The molecule has 3 atom stereocenters. The highest BCUT2D eigenvalue weighted by Gasteiger charge is 2.14. The molecule has 3 unspecified atom stereocenters. The molecule has 0 saturated heterocycles. The van der Waals surface area contributed by atoms with Gasteiger partial charge >= 0.3 is 0 Å². The van der Waals surface area contributed by atoms with E-state index in [0.29, 0.717) is 0 Å². The maximum atomic E-state index is 5.95. The summed E-state index contributed by atoms with van der Waals surface area (Å²) < 4.78 is 10.1. The monoisotopic (exact) mass is 328 g/mol. The van der Waals surface area contributed by atoms with E-state index in [1.54, 1.807) is 0 Å². The molecule has 0 amide bonds. The zero-order chi connectivity index (χ0) is 14.7. The van der Waals surface area contributed by atoms with E-state index in [0.717, 1.165) is 30.9 Å². The lowest BCUT2D eigenvalue weighted by molar-refractivity contribution is 0.243. The van der Waals surface area contributed by atoms with Crippen LogP contribution in [0.5, 0.6) is 5.75 Å².